The van der Waals surface area contributed by atoms with Crippen molar-refractivity contribution < 1.29 is 23.8 Å². The van der Waals surface area contributed by atoms with Crippen LogP contribution in [0.25, 0.3) is 89.8 Å². The maximum absolute atomic E-state index is 13.8. The zero-order valence-corrected chi connectivity index (χ0v) is 53.4. The van der Waals surface area contributed by atoms with Crippen molar-refractivity contribution in [2.45, 2.75) is 27.7 Å². The Hall–Kier alpha value is -11.7. The molecule has 24 heteroatoms. The Balaban J connectivity index is 0.000000148. The van der Waals surface area contributed by atoms with Crippen LogP contribution in [-0.4, -0.2) is 43.6 Å². The maximum Gasteiger partial charge on any atom is 0.281 e. The number of nitrogens with zero attached hydrogens (tertiary/aromatic N) is 13. The Bertz CT molecular complexity index is 4960. The third-order valence-corrected chi connectivity index (χ3v) is 15.9. The first-order valence-corrected chi connectivity index (χ1v) is 30.3. The van der Waals surface area contributed by atoms with Gasteiger partial charge in [0.15, 0.2) is 58.9 Å². The highest BCUT2D eigenvalue weighted by Gasteiger charge is 2.22. The molecule has 94 heavy (non-hydrogen) atoms. The summed E-state index contributed by atoms with van der Waals surface area (Å²) in [6.45, 7) is 6.81. The van der Waals surface area contributed by atoms with E-state index in [9.17, 15) is 40.5 Å². The second-order valence-electron chi connectivity index (χ2n) is 21.2. The van der Waals surface area contributed by atoms with Crippen LogP contribution in [0.3, 0.4) is 0 Å². The molecule has 0 aliphatic carbocycles. The largest absolute Gasteiger partial charge is 0.619 e. The van der Waals surface area contributed by atoms with E-state index in [1.807, 2.05) is 121 Å². The number of hydrogen-bond acceptors (Lipinski definition) is 12. The standard InChI is InChI=1S/2C29H20ClN5O2.C6H6BrNO.C6H6N2O3/c2*1-19-17-22(15-16-33(19)37)20-7-9-21(10-8-20)27-32-28-26(18-31-35(28)25-5-3-2-4-6-25)29(36)34(27)24-13-11-23(30)12-14-24;1-5-4-6(7)2-3-8(5)9;1-5-4-6(8(10)11)2-3-7(5)9/h2*2-18H,1H3;2-4H,1H3;2-4H,1H3. The lowest BCUT2D eigenvalue weighted by molar-refractivity contribution is -0.613. The first-order valence-electron chi connectivity index (χ1n) is 28.7. The number of aromatic nitrogens is 12. The van der Waals surface area contributed by atoms with E-state index >= 15 is 0 Å². The Morgan fingerprint density at radius 1 is 0.415 bits per heavy atom. The minimum Gasteiger partial charge on any atom is -0.619 e. The topological polar surface area (TPSA) is 256 Å². The second kappa shape index (κ2) is 27.8. The van der Waals surface area contributed by atoms with Crippen molar-refractivity contribution in [1.29, 1.82) is 0 Å². The van der Waals surface area contributed by atoms with Crippen LogP contribution in [0.15, 0.2) is 257 Å². The van der Waals surface area contributed by atoms with Crippen LogP contribution in [0, 0.1) is 58.6 Å². The number of para-hydroxylation sites is 2. The molecule has 0 bridgehead atoms. The number of pyridine rings is 4. The smallest absolute Gasteiger partial charge is 0.281 e. The summed E-state index contributed by atoms with van der Waals surface area (Å²) in [5.74, 6) is 0.955. The van der Waals surface area contributed by atoms with Gasteiger partial charge in [0, 0.05) is 89.7 Å². The highest BCUT2D eigenvalue weighted by atomic mass is 79.9. The van der Waals surface area contributed by atoms with Crippen LogP contribution in [-0.2, 0) is 0 Å². The SMILES string of the molecule is Cc1cc(-c2ccc(-c3nc4c(cnn4-c4ccccc4)c(=O)n3-c3ccc(Cl)cc3)cc2)cc[n+]1[O-].Cc1cc(-c2ccc(-c3nc4c(cnn4-c4ccccc4)c(=O)n3-c3ccc(Cl)cc3)cc2)cc[n+]1[O-].Cc1cc(Br)cc[n+]1[O-].Cc1cc([N+](=O)[O-])cc[n+]1[O-]. The molecule has 0 N–H and O–H groups in total. The molecule has 0 saturated heterocycles. The summed E-state index contributed by atoms with van der Waals surface area (Å²) >= 11 is 15.5. The number of hydrogen-bond donors (Lipinski definition) is 0. The highest BCUT2D eigenvalue weighted by Crippen LogP contribution is 2.30. The lowest BCUT2D eigenvalue weighted by Crippen LogP contribution is -2.28. The number of halogens is 3. The normalized spacial score (nSPS) is 10.8. The molecule has 0 radical (unpaired) electrons. The first-order chi connectivity index (χ1) is 45.3. The summed E-state index contributed by atoms with van der Waals surface area (Å²) in [5, 5.41) is 65.9. The van der Waals surface area contributed by atoms with E-state index in [-0.39, 0.29) is 16.8 Å². The third kappa shape index (κ3) is 13.9. The fraction of sp³-hybridized carbons (Fsp3) is 0.0571. The number of nitro groups is 1. The van der Waals surface area contributed by atoms with Crippen molar-refractivity contribution in [3.05, 3.63) is 332 Å². The van der Waals surface area contributed by atoms with Crippen LogP contribution in [0.2, 0.25) is 10.0 Å². The van der Waals surface area contributed by atoms with Crippen molar-refractivity contribution in [2.24, 2.45) is 0 Å². The molecule has 0 amide bonds. The fourth-order valence-corrected chi connectivity index (χ4v) is 10.7. The van der Waals surface area contributed by atoms with Gasteiger partial charge in [-0.05, 0) is 95.1 Å². The number of fused-ring (bicyclic) bond motifs is 2. The molecule has 21 nitrogen and oxygen atoms in total. The van der Waals surface area contributed by atoms with Gasteiger partial charge >= 0.3 is 0 Å². The summed E-state index contributed by atoms with van der Waals surface area (Å²) in [6, 6.07) is 61.9. The molecule has 14 aromatic rings. The molecule has 0 saturated carbocycles. The minimum absolute atomic E-state index is 0.0606. The van der Waals surface area contributed by atoms with Crippen molar-refractivity contribution in [3.8, 4) is 67.8 Å². The van der Waals surface area contributed by atoms with Gasteiger partial charge in [-0.25, -0.2) is 19.3 Å². The van der Waals surface area contributed by atoms with Gasteiger partial charge in [-0.15, -0.1) is 0 Å². The Morgan fingerprint density at radius 3 is 1.12 bits per heavy atom. The van der Waals surface area contributed by atoms with Crippen LogP contribution >= 0.6 is 39.1 Å². The average Bonchev–Trinajstić information content (AvgIpc) is 1.49. The van der Waals surface area contributed by atoms with E-state index in [4.69, 9.17) is 33.2 Å². The Morgan fingerprint density at radius 2 is 0.766 bits per heavy atom. The Labute approximate surface area is 554 Å². The van der Waals surface area contributed by atoms with E-state index in [1.165, 1.54) is 37.6 Å². The van der Waals surface area contributed by atoms with Gasteiger partial charge in [-0.2, -0.15) is 29.1 Å². The van der Waals surface area contributed by atoms with E-state index < -0.39 is 4.92 Å². The van der Waals surface area contributed by atoms with Gasteiger partial charge in [0.05, 0.1) is 52.2 Å². The predicted molar refractivity (Wildman–Crippen MR) is 363 cm³/mol. The molecule has 0 aliphatic heterocycles. The maximum atomic E-state index is 13.8. The lowest BCUT2D eigenvalue weighted by atomic mass is 10.0. The number of aryl methyl sites for hydroxylation is 4. The lowest BCUT2D eigenvalue weighted by Gasteiger charge is -2.14. The van der Waals surface area contributed by atoms with Crippen molar-refractivity contribution >= 4 is 66.9 Å². The van der Waals surface area contributed by atoms with Crippen molar-refractivity contribution in [2.75, 3.05) is 0 Å². The van der Waals surface area contributed by atoms with E-state index in [0.29, 0.717) is 82.6 Å². The molecule has 8 aromatic heterocycles. The zero-order valence-electron chi connectivity index (χ0n) is 50.3. The van der Waals surface area contributed by atoms with Gasteiger partial charge in [-0.1, -0.05) is 124 Å². The van der Waals surface area contributed by atoms with E-state index in [2.05, 4.69) is 26.1 Å². The third-order valence-electron chi connectivity index (χ3n) is 14.9. The summed E-state index contributed by atoms with van der Waals surface area (Å²) in [5.41, 5.74) is 10.8. The quantitative estimate of drug-likeness (QED) is 0.0566. The molecule has 6 aromatic carbocycles. The van der Waals surface area contributed by atoms with Gasteiger partial charge in [0.2, 0.25) is 0 Å². The van der Waals surface area contributed by atoms with Gasteiger partial charge < -0.3 is 20.8 Å². The van der Waals surface area contributed by atoms with Crippen molar-refractivity contribution in [3.63, 3.8) is 0 Å². The van der Waals surface area contributed by atoms with Gasteiger partial charge in [0.25, 0.3) is 16.8 Å². The molecule has 0 unspecified atom stereocenters. The number of benzene rings is 6. The van der Waals surface area contributed by atoms with E-state index in [0.717, 1.165) is 69.6 Å². The molecule has 0 fully saturated rings. The number of rotatable bonds is 9. The summed E-state index contributed by atoms with van der Waals surface area (Å²) in [6.07, 6.45) is 8.69. The fourth-order valence-electron chi connectivity index (χ4n) is 9.95. The molecule has 0 atom stereocenters. The van der Waals surface area contributed by atoms with Gasteiger partial charge in [0.1, 0.15) is 22.4 Å². The first kappa shape index (κ1) is 63.8. The van der Waals surface area contributed by atoms with Gasteiger partial charge in [-0.3, -0.25) is 28.8 Å². The van der Waals surface area contributed by atoms with Crippen LogP contribution in [0.1, 0.15) is 22.8 Å². The van der Waals surface area contributed by atoms with Crippen LogP contribution < -0.4 is 30.0 Å². The summed E-state index contributed by atoms with van der Waals surface area (Å²) in [7, 11) is 0. The van der Waals surface area contributed by atoms with Crippen LogP contribution in [0.4, 0.5) is 5.69 Å². The zero-order chi connectivity index (χ0) is 66.3. The molecular weight excluding hydrogens is 1300 g/mol. The average molecular weight is 1350 g/mol. The molecule has 466 valence electrons. The monoisotopic (exact) mass is 1350 g/mol. The molecule has 14 rings (SSSR count). The predicted octanol–water partition coefficient (Wildman–Crippen LogP) is 12.9. The second-order valence-corrected chi connectivity index (χ2v) is 23.0. The molecule has 0 aliphatic rings. The highest BCUT2D eigenvalue weighted by molar-refractivity contribution is 9.10. The van der Waals surface area contributed by atoms with Crippen LogP contribution in [0.5, 0.6) is 0 Å². The molecule has 0 spiro atoms. The Kier molecular flexibility index (Phi) is 18.9. The minimum atomic E-state index is -0.535. The van der Waals surface area contributed by atoms with E-state index in [1.54, 1.807) is 124 Å². The summed E-state index contributed by atoms with van der Waals surface area (Å²) in [4.78, 5) is 47.2. The molecule has 8 heterocycles. The van der Waals surface area contributed by atoms with Crippen molar-refractivity contribution in [1.82, 2.24) is 38.7 Å². The summed E-state index contributed by atoms with van der Waals surface area (Å²) < 4.78 is 10.5. The molecular formula is C70H52BrCl2N13O8.